The average molecular weight is 338 g/mol. The lowest BCUT2D eigenvalue weighted by atomic mass is 9.91. The van der Waals surface area contributed by atoms with E-state index in [0.29, 0.717) is 0 Å². The summed E-state index contributed by atoms with van der Waals surface area (Å²) in [5.74, 6) is 0.454. The van der Waals surface area contributed by atoms with Crippen molar-refractivity contribution in [3.05, 3.63) is 47.0 Å². The smallest absolute Gasteiger partial charge is 0.267 e. The normalized spacial score (nSPS) is 23.2. The molecule has 1 amide bonds. The van der Waals surface area contributed by atoms with Crippen LogP contribution in [0.2, 0.25) is 0 Å². The fourth-order valence-electron chi connectivity index (χ4n) is 3.48. The zero-order chi connectivity index (χ0) is 17.2. The first-order valence-corrected chi connectivity index (χ1v) is 9.01. The van der Waals surface area contributed by atoms with Crippen LogP contribution >= 0.6 is 0 Å². The lowest BCUT2D eigenvalue weighted by Crippen LogP contribution is -2.40. The maximum atomic E-state index is 12.3. The molecule has 130 valence electrons. The summed E-state index contributed by atoms with van der Waals surface area (Å²) in [6.45, 7) is 0. The van der Waals surface area contributed by atoms with Gasteiger partial charge in [-0.3, -0.25) is 14.6 Å². The third-order valence-electron chi connectivity index (χ3n) is 5.12. The summed E-state index contributed by atoms with van der Waals surface area (Å²) >= 11 is 0. The Morgan fingerprint density at radius 1 is 1.08 bits per heavy atom. The first-order chi connectivity index (χ1) is 12.2. The number of pyridine rings is 1. The Kier molecular flexibility index (Phi) is 4.34. The van der Waals surface area contributed by atoms with Crippen LogP contribution < -0.4 is 10.9 Å². The molecule has 6 nitrogen and oxygen atoms in total. The van der Waals surface area contributed by atoms with Crippen LogP contribution in [0.5, 0.6) is 0 Å². The van der Waals surface area contributed by atoms with Gasteiger partial charge in [-0.15, -0.1) is 0 Å². The summed E-state index contributed by atoms with van der Waals surface area (Å²) in [5.41, 5.74) is 1.59. The molecule has 0 bridgehead atoms. The molecule has 0 saturated heterocycles. The first-order valence-electron chi connectivity index (χ1n) is 9.01. The van der Waals surface area contributed by atoms with Gasteiger partial charge in [-0.05, 0) is 56.7 Å². The van der Waals surface area contributed by atoms with Gasteiger partial charge in [0.2, 0.25) is 5.91 Å². The molecule has 6 heteroatoms. The van der Waals surface area contributed by atoms with Crippen LogP contribution in [0.25, 0.3) is 11.3 Å². The molecule has 0 spiro atoms. The third-order valence-corrected chi connectivity index (χ3v) is 5.12. The van der Waals surface area contributed by atoms with Crippen molar-refractivity contribution in [2.24, 2.45) is 5.92 Å². The van der Waals surface area contributed by atoms with Gasteiger partial charge < -0.3 is 5.32 Å². The number of amides is 1. The molecular weight excluding hydrogens is 316 g/mol. The highest BCUT2D eigenvalue weighted by Gasteiger charge is 2.32. The van der Waals surface area contributed by atoms with Crippen LogP contribution in [-0.4, -0.2) is 26.7 Å². The van der Waals surface area contributed by atoms with Gasteiger partial charge in [-0.2, -0.15) is 5.10 Å². The number of nitrogens with one attached hydrogen (secondary N) is 1. The summed E-state index contributed by atoms with van der Waals surface area (Å²) in [4.78, 5) is 28.3. The van der Waals surface area contributed by atoms with Crippen molar-refractivity contribution >= 4 is 5.91 Å². The molecule has 25 heavy (non-hydrogen) atoms. The maximum Gasteiger partial charge on any atom is 0.267 e. The topological polar surface area (TPSA) is 76.9 Å². The number of aromatic nitrogens is 3. The van der Waals surface area contributed by atoms with Crippen LogP contribution in [-0.2, 0) is 4.79 Å². The number of carbonyl (C=O) groups excluding carboxylic acids is 1. The van der Waals surface area contributed by atoms with E-state index in [2.05, 4.69) is 15.4 Å². The molecule has 2 aromatic rings. The second-order valence-corrected chi connectivity index (χ2v) is 7.03. The minimum atomic E-state index is -0.0712. The fraction of sp³-hybridized carbons (Fsp3) is 0.474. The second-order valence-electron chi connectivity index (χ2n) is 7.03. The van der Waals surface area contributed by atoms with E-state index >= 15 is 0 Å². The van der Waals surface area contributed by atoms with Gasteiger partial charge in [0, 0.05) is 36.0 Å². The van der Waals surface area contributed by atoms with E-state index in [1.54, 1.807) is 29.2 Å². The molecule has 2 aliphatic carbocycles. The quantitative estimate of drug-likeness (QED) is 0.928. The van der Waals surface area contributed by atoms with Gasteiger partial charge in [0.15, 0.2) is 0 Å². The van der Waals surface area contributed by atoms with Gasteiger partial charge >= 0.3 is 0 Å². The van der Waals surface area contributed by atoms with Crippen molar-refractivity contribution in [3.8, 4) is 11.3 Å². The minimum Gasteiger partial charge on any atom is -0.353 e. The van der Waals surface area contributed by atoms with Crippen LogP contribution in [0.3, 0.4) is 0 Å². The molecule has 1 N–H and O–H groups in total. The highest BCUT2D eigenvalue weighted by atomic mass is 16.2. The monoisotopic (exact) mass is 338 g/mol. The number of hydrogen-bond acceptors (Lipinski definition) is 4. The van der Waals surface area contributed by atoms with Gasteiger partial charge in [-0.1, -0.05) is 0 Å². The predicted octanol–water partition coefficient (Wildman–Crippen LogP) is 2.32. The number of rotatable bonds is 4. The van der Waals surface area contributed by atoms with Crippen LogP contribution in [0.4, 0.5) is 0 Å². The summed E-state index contributed by atoms with van der Waals surface area (Å²) in [5, 5.41) is 7.72. The molecule has 2 heterocycles. The zero-order valence-corrected chi connectivity index (χ0v) is 14.1. The maximum absolute atomic E-state index is 12.3. The van der Waals surface area contributed by atoms with Crippen molar-refractivity contribution in [3.63, 3.8) is 0 Å². The standard InChI is InChI=1S/C19H22N4O2/c24-18-10-9-17(14-2-1-11-20-12-14)22-23(18)16-7-5-15(6-8-16)21-19(25)13-3-4-13/h1-2,9-13,15-16H,3-8H2,(H,21,25). The molecule has 4 rings (SSSR count). The number of hydrogen-bond donors (Lipinski definition) is 1. The molecule has 0 radical (unpaired) electrons. The Balaban J connectivity index is 1.45. The Hall–Kier alpha value is -2.50. The average Bonchev–Trinajstić information content (AvgIpc) is 3.49. The molecule has 2 fully saturated rings. The second kappa shape index (κ2) is 6.78. The molecule has 0 aromatic carbocycles. The number of carbonyl (C=O) groups is 1. The Labute approximate surface area is 146 Å². The van der Waals surface area contributed by atoms with E-state index in [9.17, 15) is 9.59 Å². The Morgan fingerprint density at radius 3 is 2.56 bits per heavy atom. The van der Waals surface area contributed by atoms with Crippen molar-refractivity contribution < 1.29 is 4.79 Å². The minimum absolute atomic E-state index is 0.0712. The lowest BCUT2D eigenvalue weighted by molar-refractivity contribution is -0.123. The van der Waals surface area contributed by atoms with E-state index in [1.807, 2.05) is 12.1 Å². The van der Waals surface area contributed by atoms with Crippen molar-refractivity contribution in [2.75, 3.05) is 0 Å². The molecule has 0 atom stereocenters. The molecule has 2 saturated carbocycles. The van der Waals surface area contributed by atoms with Gasteiger partial charge in [0.1, 0.15) is 0 Å². The van der Waals surface area contributed by atoms with Crippen LogP contribution in [0.1, 0.15) is 44.6 Å². The summed E-state index contributed by atoms with van der Waals surface area (Å²) in [6, 6.07) is 7.46. The predicted molar refractivity (Wildman–Crippen MR) is 93.9 cm³/mol. The summed E-state index contributed by atoms with van der Waals surface area (Å²) in [7, 11) is 0. The molecule has 0 unspecified atom stereocenters. The third kappa shape index (κ3) is 3.62. The van der Waals surface area contributed by atoms with Crippen LogP contribution in [0.15, 0.2) is 41.5 Å². The number of nitrogens with zero attached hydrogens (tertiary/aromatic N) is 3. The summed E-state index contributed by atoms with van der Waals surface area (Å²) < 4.78 is 1.61. The van der Waals surface area contributed by atoms with E-state index in [0.717, 1.165) is 49.8 Å². The molecular formula is C19H22N4O2. The van der Waals surface area contributed by atoms with Crippen molar-refractivity contribution in [2.45, 2.75) is 50.6 Å². The first kappa shape index (κ1) is 16.0. The van der Waals surface area contributed by atoms with Crippen molar-refractivity contribution in [1.29, 1.82) is 0 Å². The van der Waals surface area contributed by atoms with Crippen molar-refractivity contribution in [1.82, 2.24) is 20.1 Å². The molecule has 2 aromatic heterocycles. The van der Waals surface area contributed by atoms with Gasteiger partial charge in [-0.25, -0.2) is 4.68 Å². The largest absolute Gasteiger partial charge is 0.353 e. The zero-order valence-electron chi connectivity index (χ0n) is 14.1. The molecule has 2 aliphatic rings. The van der Waals surface area contributed by atoms with E-state index in [4.69, 9.17) is 0 Å². The van der Waals surface area contributed by atoms with E-state index in [1.165, 1.54) is 0 Å². The Bertz CT molecular complexity index is 806. The fourth-order valence-corrected chi connectivity index (χ4v) is 3.48. The SMILES string of the molecule is O=C(NC1CCC(n2nc(-c3cccnc3)ccc2=O)CC1)C1CC1. The van der Waals surface area contributed by atoms with Gasteiger partial charge in [0.05, 0.1) is 11.7 Å². The van der Waals surface area contributed by atoms with E-state index < -0.39 is 0 Å². The molecule has 0 aliphatic heterocycles. The van der Waals surface area contributed by atoms with E-state index in [-0.39, 0.29) is 29.5 Å². The highest BCUT2D eigenvalue weighted by molar-refractivity contribution is 5.81. The lowest BCUT2D eigenvalue weighted by Gasteiger charge is -2.29. The summed E-state index contributed by atoms with van der Waals surface area (Å²) in [6.07, 6.45) is 9.04. The highest BCUT2D eigenvalue weighted by Crippen LogP contribution is 2.31. The Morgan fingerprint density at radius 2 is 1.88 bits per heavy atom. The van der Waals surface area contributed by atoms with Gasteiger partial charge in [0.25, 0.3) is 5.56 Å². The van der Waals surface area contributed by atoms with Crippen LogP contribution in [0, 0.1) is 5.92 Å².